The predicted molar refractivity (Wildman–Crippen MR) is 82.8 cm³/mol. The number of carbonyl (C=O) groups is 3. The molecule has 4 N–H and O–H groups in total. The number of ether oxygens (including phenoxy) is 1. The SMILES string of the molecule is CC(=O)O.CC(=O)O.CC(=O)OCC(O)CO.c1ccccc1. The molecule has 1 rings (SSSR count). The first-order valence-corrected chi connectivity index (χ1v) is 6.44. The molecule has 0 amide bonds. The van der Waals surface area contributed by atoms with E-state index in [2.05, 4.69) is 4.74 Å². The molecular weight excluding hydrogens is 308 g/mol. The van der Waals surface area contributed by atoms with E-state index >= 15 is 0 Å². The van der Waals surface area contributed by atoms with Gasteiger partial charge in [0, 0.05) is 20.8 Å². The molecule has 1 atom stereocenters. The van der Waals surface area contributed by atoms with Gasteiger partial charge in [0.05, 0.1) is 6.61 Å². The Hall–Kier alpha value is -2.45. The molecule has 0 aliphatic rings. The fourth-order valence-corrected chi connectivity index (χ4v) is 0.651. The van der Waals surface area contributed by atoms with Gasteiger partial charge in [0.1, 0.15) is 12.7 Å². The lowest BCUT2D eigenvalue weighted by molar-refractivity contribution is -0.144. The Morgan fingerprint density at radius 2 is 1.13 bits per heavy atom. The van der Waals surface area contributed by atoms with E-state index in [0.717, 1.165) is 13.8 Å². The lowest BCUT2D eigenvalue weighted by atomic mass is 10.4. The van der Waals surface area contributed by atoms with Gasteiger partial charge in [-0.1, -0.05) is 36.4 Å². The highest BCUT2D eigenvalue weighted by molar-refractivity contribution is 5.65. The van der Waals surface area contributed by atoms with Gasteiger partial charge in [0.2, 0.25) is 0 Å². The zero-order chi connectivity index (χ0) is 18.7. The number of carbonyl (C=O) groups excluding carboxylic acids is 1. The number of carboxylic acids is 2. The highest BCUT2D eigenvalue weighted by Crippen LogP contribution is 1.83. The number of esters is 1. The van der Waals surface area contributed by atoms with Crippen molar-refractivity contribution in [1.29, 1.82) is 0 Å². The minimum absolute atomic E-state index is 0.133. The third-order valence-electron chi connectivity index (χ3n) is 1.36. The van der Waals surface area contributed by atoms with Crippen molar-refractivity contribution in [3.05, 3.63) is 36.4 Å². The second-order valence-electron chi connectivity index (χ2n) is 3.83. The number of aliphatic hydroxyl groups is 2. The van der Waals surface area contributed by atoms with Gasteiger partial charge in [0.25, 0.3) is 11.9 Å². The van der Waals surface area contributed by atoms with Crippen molar-refractivity contribution >= 4 is 17.9 Å². The van der Waals surface area contributed by atoms with Crippen LogP contribution in [0.15, 0.2) is 36.4 Å². The molecule has 0 aromatic heterocycles. The zero-order valence-corrected chi connectivity index (χ0v) is 13.4. The molecule has 1 aromatic carbocycles. The van der Waals surface area contributed by atoms with E-state index in [1.807, 2.05) is 36.4 Å². The fourth-order valence-electron chi connectivity index (χ4n) is 0.651. The number of hydrogen-bond donors (Lipinski definition) is 4. The van der Waals surface area contributed by atoms with Gasteiger partial charge in [-0.3, -0.25) is 14.4 Å². The Morgan fingerprint density at radius 1 is 0.870 bits per heavy atom. The van der Waals surface area contributed by atoms with Gasteiger partial charge in [-0.2, -0.15) is 0 Å². The van der Waals surface area contributed by atoms with E-state index in [1.165, 1.54) is 6.92 Å². The van der Waals surface area contributed by atoms with Crippen LogP contribution in [0.3, 0.4) is 0 Å². The molecule has 1 aromatic rings. The molecule has 0 saturated carbocycles. The molecule has 1 unspecified atom stereocenters. The van der Waals surface area contributed by atoms with E-state index < -0.39 is 24.0 Å². The third kappa shape index (κ3) is 54.1. The molecule has 23 heavy (non-hydrogen) atoms. The summed E-state index contributed by atoms with van der Waals surface area (Å²) in [6.07, 6.45) is -0.950. The Kier molecular flexibility index (Phi) is 21.7. The number of aliphatic carboxylic acids is 2. The van der Waals surface area contributed by atoms with Crippen LogP contribution in [0.4, 0.5) is 0 Å². The summed E-state index contributed by atoms with van der Waals surface area (Å²) in [6.45, 7) is 2.89. The summed E-state index contributed by atoms with van der Waals surface area (Å²) in [5.41, 5.74) is 0. The predicted octanol–water partition coefficient (Wildman–Crippen LogP) is 0.771. The summed E-state index contributed by atoms with van der Waals surface area (Å²) in [4.78, 5) is 28.0. The monoisotopic (exact) mass is 332 g/mol. The first kappa shape index (κ1) is 25.5. The Bertz CT molecular complexity index is 358. The van der Waals surface area contributed by atoms with Crippen molar-refractivity contribution in [2.75, 3.05) is 13.2 Å². The number of benzene rings is 1. The number of hydrogen-bond acceptors (Lipinski definition) is 6. The van der Waals surface area contributed by atoms with Gasteiger partial charge in [-0.25, -0.2) is 0 Å². The summed E-state index contributed by atoms with van der Waals surface area (Å²) in [5, 5.41) is 31.6. The van der Waals surface area contributed by atoms with Crippen LogP contribution in [-0.4, -0.2) is 57.7 Å². The van der Waals surface area contributed by atoms with Gasteiger partial charge < -0.3 is 25.2 Å². The minimum atomic E-state index is -0.950. The largest absolute Gasteiger partial charge is 0.481 e. The Morgan fingerprint density at radius 3 is 1.30 bits per heavy atom. The first-order valence-electron chi connectivity index (χ1n) is 6.44. The highest BCUT2D eigenvalue weighted by Gasteiger charge is 2.02. The summed E-state index contributed by atoms with van der Waals surface area (Å²) in [5.74, 6) is -2.12. The fraction of sp³-hybridized carbons (Fsp3) is 0.400. The van der Waals surface area contributed by atoms with Gasteiger partial charge in [-0.15, -0.1) is 0 Å². The molecule has 0 spiro atoms. The van der Waals surface area contributed by atoms with Crippen LogP contribution in [-0.2, 0) is 19.1 Å². The van der Waals surface area contributed by atoms with E-state index in [4.69, 9.17) is 30.0 Å². The molecular formula is C15H24O8. The van der Waals surface area contributed by atoms with Crippen molar-refractivity contribution in [2.24, 2.45) is 0 Å². The van der Waals surface area contributed by atoms with Crippen LogP contribution >= 0.6 is 0 Å². The lowest BCUT2D eigenvalue weighted by Gasteiger charge is -2.05. The van der Waals surface area contributed by atoms with Crippen LogP contribution in [0.5, 0.6) is 0 Å². The van der Waals surface area contributed by atoms with Crippen molar-refractivity contribution in [2.45, 2.75) is 26.9 Å². The van der Waals surface area contributed by atoms with Gasteiger partial charge in [-0.05, 0) is 0 Å². The molecule has 8 nitrogen and oxygen atoms in total. The quantitative estimate of drug-likeness (QED) is 0.595. The van der Waals surface area contributed by atoms with Crippen LogP contribution in [0.2, 0.25) is 0 Å². The minimum Gasteiger partial charge on any atom is -0.481 e. The number of rotatable bonds is 3. The summed E-state index contributed by atoms with van der Waals surface area (Å²) >= 11 is 0. The summed E-state index contributed by atoms with van der Waals surface area (Å²) in [6, 6.07) is 12.0. The van der Waals surface area contributed by atoms with E-state index in [1.54, 1.807) is 0 Å². The standard InChI is InChI=1S/C6H6.C5H10O4.2C2H4O2/c1-2-4-6-5-3-1;1-4(7)9-3-5(8)2-6;2*1-2(3)4/h1-6H;5-6,8H,2-3H2,1H3;2*1H3,(H,3,4). The molecule has 0 saturated heterocycles. The van der Waals surface area contributed by atoms with Crippen molar-refractivity contribution in [3.8, 4) is 0 Å². The van der Waals surface area contributed by atoms with E-state index in [9.17, 15) is 4.79 Å². The molecule has 0 radical (unpaired) electrons. The maximum atomic E-state index is 10.0. The smallest absolute Gasteiger partial charge is 0.302 e. The maximum absolute atomic E-state index is 10.0. The zero-order valence-electron chi connectivity index (χ0n) is 13.4. The Balaban J connectivity index is -0.000000248. The third-order valence-corrected chi connectivity index (χ3v) is 1.36. The number of aliphatic hydroxyl groups excluding tert-OH is 2. The Labute approximate surface area is 135 Å². The second kappa shape index (κ2) is 19.6. The van der Waals surface area contributed by atoms with Crippen molar-refractivity contribution in [1.82, 2.24) is 0 Å². The molecule has 0 aliphatic heterocycles. The van der Waals surface area contributed by atoms with Crippen LogP contribution < -0.4 is 0 Å². The van der Waals surface area contributed by atoms with Crippen LogP contribution in [0, 0.1) is 0 Å². The highest BCUT2D eigenvalue weighted by atomic mass is 16.5. The lowest BCUT2D eigenvalue weighted by Crippen LogP contribution is -2.20. The average molecular weight is 332 g/mol. The van der Waals surface area contributed by atoms with Crippen molar-refractivity contribution in [3.63, 3.8) is 0 Å². The average Bonchev–Trinajstić information content (AvgIpc) is 2.46. The number of carboxylic acid groups (broad SMARTS) is 2. The van der Waals surface area contributed by atoms with Crippen LogP contribution in [0.25, 0.3) is 0 Å². The maximum Gasteiger partial charge on any atom is 0.302 e. The first-order chi connectivity index (χ1) is 10.6. The molecule has 0 bridgehead atoms. The normalized spacial score (nSPS) is 9.26. The topological polar surface area (TPSA) is 141 Å². The van der Waals surface area contributed by atoms with E-state index in [-0.39, 0.29) is 13.2 Å². The molecule has 0 fully saturated rings. The van der Waals surface area contributed by atoms with Gasteiger partial charge in [0.15, 0.2) is 0 Å². The van der Waals surface area contributed by atoms with Crippen LogP contribution in [0.1, 0.15) is 20.8 Å². The van der Waals surface area contributed by atoms with Gasteiger partial charge >= 0.3 is 5.97 Å². The summed E-state index contributed by atoms with van der Waals surface area (Å²) in [7, 11) is 0. The second-order valence-corrected chi connectivity index (χ2v) is 3.83. The summed E-state index contributed by atoms with van der Waals surface area (Å²) < 4.78 is 4.35. The molecule has 8 heteroatoms. The molecule has 0 heterocycles. The molecule has 132 valence electrons. The van der Waals surface area contributed by atoms with Crippen molar-refractivity contribution < 1.29 is 39.5 Å². The molecule has 0 aliphatic carbocycles. The van der Waals surface area contributed by atoms with E-state index in [0.29, 0.717) is 0 Å².